The number of nitrogens with zero attached hydrogens (tertiary/aromatic N) is 4. The van der Waals surface area contributed by atoms with Crippen molar-refractivity contribution in [2.75, 3.05) is 27.2 Å². The van der Waals surface area contributed by atoms with Gasteiger partial charge in [0.2, 0.25) is 0 Å². The third-order valence-corrected chi connectivity index (χ3v) is 4.69. The summed E-state index contributed by atoms with van der Waals surface area (Å²) in [5.41, 5.74) is 0.535. The number of benzene rings is 1. The predicted molar refractivity (Wildman–Crippen MR) is 101 cm³/mol. The van der Waals surface area contributed by atoms with Crippen LogP contribution in [0.3, 0.4) is 0 Å². The van der Waals surface area contributed by atoms with Gasteiger partial charge in [-0.2, -0.15) is 5.10 Å². The Morgan fingerprint density at radius 1 is 1.33 bits per heavy atom. The molecule has 0 unspecified atom stereocenters. The molecule has 1 atom stereocenters. The summed E-state index contributed by atoms with van der Waals surface area (Å²) in [6.07, 6.45) is 5.25. The minimum atomic E-state index is -0.160. The van der Waals surface area contributed by atoms with Crippen LogP contribution in [0.1, 0.15) is 30.1 Å². The summed E-state index contributed by atoms with van der Waals surface area (Å²) in [6, 6.07) is 5.22. The zero-order valence-corrected chi connectivity index (χ0v) is 16.1. The van der Waals surface area contributed by atoms with Crippen LogP contribution < -0.4 is 14.8 Å². The molecule has 0 spiro atoms. The SMILES string of the molecule is COc1cc(C(=O)N[C@H](C)Cn2cncn2)ccc1OC1CCN(C)CC1. The number of rotatable bonds is 7. The fourth-order valence-electron chi connectivity index (χ4n) is 3.15. The van der Waals surface area contributed by atoms with Crippen molar-refractivity contribution in [2.24, 2.45) is 0 Å². The Morgan fingerprint density at radius 2 is 2.11 bits per heavy atom. The smallest absolute Gasteiger partial charge is 0.251 e. The van der Waals surface area contributed by atoms with Gasteiger partial charge in [-0.3, -0.25) is 9.48 Å². The Labute approximate surface area is 159 Å². The molecule has 1 saturated heterocycles. The van der Waals surface area contributed by atoms with Crippen LogP contribution >= 0.6 is 0 Å². The van der Waals surface area contributed by atoms with Crippen molar-refractivity contribution >= 4 is 5.91 Å². The molecule has 2 heterocycles. The molecule has 8 nitrogen and oxygen atoms in total. The summed E-state index contributed by atoms with van der Waals surface area (Å²) < 4.78 is 13.2. The van der Waals surface area contributed by atoms with E-state index in [1.54, 1.807) is 30.3 Å². The van der Waals surface area contributed by atoms with Gasteiger partial charge >= 0.3 is 0 Å². The van der Waals surface area contributed by atoms with Crippen LogP contribution in [-0.4, -0.2) is 65.0 Å². The van der Waals surface area contributed by atoms with E-state index in [0.717, 1.165) is 25.9 Å². The molecular weight excluding hydrogens is 346 g/mol. The van der Waals surface area contributed by atoms with E-state index >= 15 is 0 Å². The lowest BCUT2D eigenvalue weighted by Crippen LogP contribution is -2.36. The maximum atomic E-state index is 12.5. The highest BCUT2D eigenvalue weighted by molar-refractivity contribution is 5.95. The quantitative estimate of drug-likeness (QED) is 0.794. The van der Waals surface area contributed by atoms with Crippen molar-refractivity contribution in [3.05, 3.63) is 36.4 Å². The number of carbonyl (C=O) groups excluding carboxylic acids is 1. The first-order valence-electron chi connectivity index (χ1n) is 9.21. The summed E-state index contributed by atoms with van der Waals surface area (Å²) >= 11 is 0. The van der Waals surface area contributed by atoms with Gasteiger partial charge in [-0.1, -0.05) is 0 Å². The molecule has 0 saturated carbocycles. The van der Waals surface area contributed by atoms with E-state index in [9.17, 15) is 4.79 Å². The van der Waals surface area contributed by atoms with E-state index in [0.29, 0.717) is 23.6 Å². The molecule has 2 aromatic rings. The second kappa shape index (κ2) is 8.85. The molecule has 1 aromatic heterocycles. The summed E-state index contributed by atoms with van der Waals surface area (Å²) in [7, 11) is 3.71. The molecular formula is C19H27N5O3. The number of aromatic nitrogens is 3. The highest BCUT2D eigenvalue weighted by atomic mass is 16.5. The number of carbonyl (C=O) groups is 1. The number of likely N-dealkylation sites (tertiary alicyclic amines) is 1. The van der Waals surface area contributed by atoms with E-state index in [2.05, 4.69) is 27.3 Å². The summed E-state index contributed by atoms with van der Waals surface area (Å²) in [5.74, 6) is 1.09. The van der Waals surface area contributed by atoms with Gasteiger partial charge in [0, 0.05) is 24.7 Å². The molecule has 1 N–H and O–H groups in total. The van der Waals surface area contributed by atoms with Crippen molar-refractivity contribution in [2.45, 2.75) is 38.5 Å². The highest BCUT2D eigenvalue weighted by Gasteiger charge is 2.20. The average Bonchev–Trinajstić information content (AvgIpc) is 3.16. The average molecular weight is 373 g/mol. The van der Waals surface area contributed by atoms with E-state index < -0.39 is 0 Å². The molecule has 1 aliphatic heterocycles. The third-order valence-electron chi connectivity index (χ3n) is 4.69. The number of methoxy groups -OCH3 is 1. The number of amides is 1. The van der Waals surface area contributed by atoms with Crippen molar-refractivity contribution in [3.8, 4) is 11.5 Å². The molecule has 0 radical (unpaired) electrons. The molecule has 1 fully saturated rings. The summed E-state index contributed by atoms with van der Waals surface area (Å²) in [5, 5.41) is 7.01. The molecule has 27 heavy (non-hydrogen) atoms. The number of ether oxygens (including phenoxy) is 2. The molecule has 1 amide bonds. The maximum absolute atomic E-state index is 12.5. The molecule has 1 aliphatic rings. The summed E-state index contributed by atoms with van der Waals surface area (Å²) in [4.78, 5) is 18.7. The lowest BCUT2D eigenvalue weighted by atomic mass is 10.1. The Morgan fingerprint density at radius 3 is 2.78 bits per heavy atom. The second-order valence-electron chi connectivity index (χ2n) is 6.98. The van der Waals surface area contributed by atoms with Crippen LogP contribution in [0.25, 0.3) is 0 Å². The van der Waals surface area contributed by atoms with Gasteiger partial charge in [0.15, 0.2) is 11.5 Å². The minimum absolute atomic E-state index is 0.0830. The zero-order chi connectivity index (χ0) is 19.2. The Bertz CT molecular complexity index is 742. The van der Waals surface area contributed by atoms with Crippen LogP contribution in [0.4, 0.5) is 0 Å². The van der Waals surface area contributed by atoms with E-state index in [4.69, 9.17) is 9.47 Å². The van der Waals surface area contributed by atoms with Gasteiger partial charge < -0.3 is 19.7 Å². The number of hydrogen-bond donors (Lipinski definition) is 1. The maximum Gasteiger partial charge on any atom is 0.251 e. The molecule has 1 aromatic carbocycles. The van der Waals surface area contributed by atoms with Crippen LogP contribution in [0.5, 0.6) is 11.5 Å². The van der Waals surface area contributed by atoms with Crippen molar-refractivity contribution < 1.29 is 14.3 Å². The van der Waals surface area contributed by atoms with Gasteiger partial charge in [-0.05, 0) is 45.0 Å². The molecule has 8 heteroatoms. The minimum Gasteiger partial charge on any atom is -0.493 e. The summed E-state index contributed by atoms with van der Waals surface area (Å²) in [6.45, 7) is 4.53. The molecule has 146 valence electrons. The Hall–Kier alpha value is -2.61. The van der Waals surface area contributed by atoms with E-state index in [-0.39, 0.29) is 18.1 Å². The van der Waals surface area contributed by atoms with Crippen LogP contribution in [0.2, 0.25) is 0 Å². The first kappa shape index (κ1) is 19.2. The van der Waals surface area contributed by atoms with Gasteiger partial charge in [0.05, 0.1) is 13.7 Å². The topological polar surface area (TPSA) is 81.5 Å². The molecule has 0 bridgehead atoms. The lowest BCUT2D eigenvalue weighted by Gasteiger charge is -2.29. The zero-order valence-electron chi connectivity index (χ0n) is 16.1. The molecule has 0 aliphatic carbocycles. The highest BCUT2D eigenvalue weighted by Crippen LogP contribution is 2.30. The Balaban J connectivity index is 1.61. The van der Waals surface area contributed by atoms with Crippen molar-refractivity contribution in [3.63, 3.8) is 0 Å². The Kier molecular flexibility index (Phi) is 6.28. The van der Waals surface area contributed by atoms with Gasteiger partial charge in [-0.15, -0.1) is 0 Å². The number of piperidine rings is 1. The monoisotopic (exact) mass is 373 g/mol. The van der Waals surface area contributed by atoms with E-state index in [1.165, 1.54) is 6.33 Å². The molecule has 3 rings (SSSR count). The normalized spacial score (nSPS) is 16.7. The third kappa shape index (κ3) is 5.19. The van der Waals surface area contributed by atoms with Crippen LogP contribution in [0.15, 0.2) is 30.9 Å². The van der Waals surface area contributed by atoms with Crippen LogP contribution in [-0.2, 0) is 6.54 Å². The van der Waals surface area contributed by atoms with Crippen LogP contribution in [0, 0.1) is 0 Å². The van der Waals surface area contributed by atoms with Crippen molar-refractivity contribution in [1.82, 2.24) is 25.0 Å². The first-order valence-corrected chi connectivity index (χ1v) is 9.21. The van der Waals surface area contributed by atoms with Gasteiger partial charge in [0.25, 0.3) is 5.91 Å². The van der Waals surface area contributed by atoms with E-state index in [1.807, 2.05) is 13.0 Å². The number of nitrogens with one attached hydrogen (secondary N) is 1. The standard InChI is InChI=1S/C19H27N5O3/c1-14(11-24-13-20-12-21-24)22-19(25)15-4-5-17(18(10-15)26-3)27-16-6-8-23(2)9-7-16/h4-5,10,12-14,16H,6-9,11H2,1-3H3,(H,22,25)/t14-/m1/s1. The predicted octanol–water partition coefficient (Wildman–Crippen LogP) is 1.58. The van der Waals surface area contributed by atoms with Gasteiger partial charge in [0.1, 0.15) is 18.8 Å². The first-order chi connectivity index (χ1) is 13.0. The fourth-order valence-corrected chi connectivity index (χ4v) is 3.15. The fraction of sp³-hybridized carbons (Fsp3) is 0.526. The largest absolute Gasteiger partial charge is 0.493 e. The van der Waals surface area contributed by atoms with Crippen molar-refractivity contribution in [1.29, 1.82) is 0 Å². The number of hydrogen-bond acceptors (Lipinski definition) is 6. The lowest BCUT2D eigenvalue weighted by molar-refractivity contribution is 0.0935. The van der Waals surface area contributed by atoms with Gasteiger partial charge in [-0.25, -0.2) is 4.98 Å². The second-order valence-corrected chi connectivity index (χ2v) is 6.98.